The highest BCUT2D eigenvalue weighted by Crippen LogP contribution is 2.33. The van der Waals surface area contributed by atoms with Gasteiger partial charge >= 0.3 is 0 Å². The van der Waals surface area contributed by atoms with Gasteiger partial charge in [-0.2, -0.15) is 0 Å². The van der Waals surface area contributed by atoms with Gasteiger partial charge < -0.3 is 9.80 Å². The van der Waals surface area contributed by atoms with E-state index in [1.807, 2.05) is 9.80 Å². The number of anilines is 1. The van der Waals surface area contributed by atoms with Crippen LogP contribution >= 0.6 is 0 Å². The van der Waals surface area contributed by atoms with Gasteiger partial charge in [-0.15, -0.1) is 0 Å². The molecule has 2 aliphatic rings. The number of aromatic nitrogens is 2. The molecule has 7 heteroatoms. The Labute approximate surface area is 144 Å². The van der Waals surface area contributed by atoms with Crippen molar-refractivity contribution in [2.24, 2.45) is 5.92 Å². The summed E-state index contributed by atoms with van der Waals surface area (Å²) in [7, 11) is 0. The topological polar surface area (TPSA) is 49.3 Å². The average molecular weight is 344 g/mol. The van der Waals surface area contributed by atoms with Gasteiger partial charge in [-0.05, 0) is 43.0 Å². The fourth-order valence-electron chi connectivity index (χ4n) is 3.80. The minimum atomic E-state index is -0.465. The van der Waals surface area contributed by atoms with Gasteiger partial charge in [-0.3, -0.25) is 4.79 Å². The Morgan fingerprint density at radius 3 is 2.40 bits per heavy atom. The van der Waals surface area contributed by atoms with E-state index in [1.165, 1.54) is 24.3 Å². The van der Waals surface area contributed by atoms with Crippen LogP contribution in [0.15, 0.2) is 36.7 Å². The van der Waals surface area contributed by atoms with Crippen LogP contribution in [0.3, 0.4) is 0 Å². The van der Waals surface area contributed by atoms with Crippen molar-refractivity contribution in [3.05, 3.63) is 53.9 Å². The maximum absolute atomic E-state index is 13.1. The van der Waals surface area contributed by atoms with Gasteiger partial charge in [0.1, 0.15) is 5.82 Å². The molecule has 2 saturated heterocycles. The van der Waals surface area contributed by atoms with Crippen LogP contribution in [-0.2, 0) is 0 Å². The Kier molecular flexibility index (Phi) is 4.07. The molecular weight excluding hydrogens is 326 g/mol. The number of piperidine rings is 1. The molecule has 0 N–H and O–H groups in total. The Bertz CT molecular complexity index is 766. The largest absolute Gasteiger partial charge is 0.339 e. The maximum Gasteiger partial charge on any atom is 0.254 e. The van der Waals surface area contributed by atoms with Crippen LogP contribution in [0.1, 0.15) is 23.2 Å². The van der Waals surface area contributed by atoms with Crippen molar-refractivity contribution in [2.45, 2.75) is 18.9 Å². The van der Waals surface area contributed by atoms with Crippen LogP contribution in [-0.4, -0.2) is 46.5 Å². The average Bonchev–Trinajstić information content (AvgIpc) is 3.05. The highest BCUT2D eigenvalue weighted by atomic mass is 19.1. The van der Waals surface area contributed by atoms with Gasteiger partial charge in [0.2, 0.25) is 5.95 Å². The van der Waals surface area contributed by atoms with E-state index in [0.29, 0.717) is 30.5 Å². The van der Waals surface area contributed by atoms with E-state index in [2.05, 4.69) is 9.97 Å². The lowest BCUT2D eigenvalue weighted by atomic mass is 9.92. The summed E-state index contributed by atoms with van der Waals surface area (Å²) < 4.78 is 26.1. The first-order valence-corrected chi connectivity index (χ1v) is 8.41. The molecule has 1 aromatic heterocycles. The lowest BCUT2D eigenvalue weighted by Crippen LogP contribution is -2.50. The zero-order valence-corrected chi connectivity index (χ0v) is 13.6. The maximum atomic E-state index is 13.1. The van der Waals surface area contributed by atoms with Gasteiger partial charge in [0.15, 0.2) is 5.82 Å². The molecule has 25 heavy (non-hydrogen) atoms. The molecule has 0 spiro atoms. The Morgan fingerprint density at radius 1 is 1.00 bits per heavy atom. The molecule has 0 aliphatic carbocycles. The third-order valence-electron chi connectivity index (χ3n) is 5.10. The van der Waals surface area contributed by atoms with Crippen molar-refractivity contribution >= 4 is 11.9 Å². The molecule has 5 nitrogen and oxygen atoms in total. The molecule has 4 rings (SSSR count). The number of hydrogen-bond acceptors (Lipinski definition) is 4. The van der Waals surface area contributed by atoms with Gasteiger partial charge in [0.05, 0.1) is 18.4 Å². The highest BCUT2D eigenvalue weighted by molar-refractivity contribution is 5.94. The number of likely N-dealkylation sites (tertiary alicyclic amines) is 1. The molecule has 2 unspecified atom stereocenters. The quantitative estimate of drug-likeness (QED) is 0.840. The van der Waals surface area contributed by atoms with Gasteiger partial charge in [-0.1, -0.05) is 0 Å². The zero-order chi connectivity index (χ0) is 17.4. The first-order chi connectivity index (χ1) is 12.1. The van der Waals surface area contributed by atoms with Gasteiger partial charge in [0.25, 0.3) is 5.91 Å². The molecule has 0 radical (unpaired) electrons. The van der Waals surface area contributed by atoms with Crippen molar-refractivity contribution in [3.63, 3.8) is 0 Å². The SMILES string of the molecule is O=C(c1ccc(F)cc1)N1CCC2CCN(c3ncc(F)cn3)CC21. The Hall–Kier alpha value is -2.57. The number of carbonyl (C=O) groups is 1. The third kappa shape index (κ3) is 3.06. The third-order valence-corrected chi connectivity index (χ3v) is 5.10. The number of halogens is 2. The van der Waals surface area contributed by atoms with Crippen LogP contribution in [0.2, 0.25) is 0 Å². The number of benzene rings is 1. The molecule has 0 bridgehead atoms. The van der Waals surface area contributed by atoms with Crippen molar-refractivity contribution < 1.29 is 13.6 Å². The smallest absolute Gasteiger partial charge is 0.254 e. The summed E-state index contributed by atoms with van der Waals surface area (Å²) >= 11 is 0. The van der Waals surface area contributed by atoms with Crippen LogP contribution in [0, 0.1) is 17.6 Å². The normalized spacial score (nSPS) is 22.8. The summed E-state index contributed by atoms with van der Waals surface area (Å²) in [6.07, 6.45) is 4.23. The van der Waals surface area contributed by atoms with E-state index in [9.17, 15) is 13.6 Å². The van der Waals surface area contributed by atoms with Crippen molar-refractivity contribution in [3.8, 4) is 0 Å². The first-order valence-electron chi connectivity index (χ1n) is 8.41. The molecule has 130 valence electrons. The molecule has 3 heterocycles. The van der Waals surface area contributed by atoms with Crippen molar-refractivity contribution in [2.75, 3.05) is 24.5 Å². The second-order valence-electron chi connectivity index (χ2n) is 6.56. The number of fused-ring (bicyclic) bond motifs is 1. The summed E-state index contributed by atoms with van der Waals surface area (Å²) in [6.45, 7) is 2.12. The molecule has 0 saturated carbocycles. The second kappa shape index (κ2) is 6.38. The fourth-order valence-corrected chi connectivity index (χ4v) is 3.80. The van der Waals surface area contributed by atoms with Crippen LogP contribution < -0.4 is 4.90 Å². The lowest BCUT2D eigenvalue weighted by Gasteiger charge is -2.38. The van der Waals surface area contributed by atoms with E-state index in [4.69, 9.17) is 0 Å². The highest BCUT2D eigenvalue weighted by Gasteiger charge is 2.41. The molecular formula is C18H18F2N4O. The summed E-state index contributed by atoms with van der Waals surface area (Å²) in [5, 5.41) is 0. The van der Waals surface area contributed by atoms with Crippen LogP contribution in [0.4, 0.5) is 14.7 Å². The summed E-state index contributed by atoms with van der Waals surface area (Å²) in [6, 6.07) is 5.73. The van der Waals surface area contributed by atoms with Gasteiger partial charge in [-0.25, -0.2) is 18.7 Å². The van der Waals surface area contributed by atoms with E-state index in [1.54, 1.807) is 0 Å². The molecule has 1 amide bonds. The van der Waals surface area contributed by atoms with Crippen molar-refractivity contribution in [1.29, 1.82) is 0 Å². The number of nitrogens with zero attached hydrogens (tertiary/aromatic N) is 4. The van der Waals surface area contributed by atoms with Crippen LogP contribution in [0.5, 0.6) is 0 Å². The molecule has 2 aliphatic heterocycles. The zero-order valence-electron chi connectivity index (χ0n) is 13.6. The van der Waals surface area contributed by atoms with E-state index in [-0.39, 0.29) is 17.8 Å². The summed E-state index contributed by atoms with van der Waals surface area (Å²) in [4.78, 5) is 24.8. The predicted molar refractivity (Wildman–Crippen MR) is 88.2 cm³/mol. The summed E-state index contributed by atoms with van der Waals surface area (Å²) in [5.41, 5.74) is 0.497. The van der Waals surface area contributed by atoms with Gasteiger partial charge in [0, 0.05) is 25.2 Å². The predicted octanol–water partition coefficient (Wildman–Crippen LogP) is 2.50. The van der Waals surface area contributed by atoms with Crippen LogP contribution in [0.25, 0.3) is 0 Å². The Morgan fingerprint density at radius 2 is 1.68 bits per heavy atom. The Balaban J connectivity index is 1.52. The minimum absolute atomic E-state index is 0.0694. The van der Waals surface area contributed by atoms with E-state index >= 15 is 0 Å². The van der Waals surface area contributed by atoms with E-state index in [0.717, 1.165) is 31.8 Å². The standard InChI is InChI=1S/C18H18F2N4O/c19-14-3-1-13(2-4-14)17(25)24-8-6-12-5-7-23(11-16(12)24)18-21-9-15(20)10-22-18/h1-4,9-10,12,16H,5-8,11H2. The number of carbonyl (C=O) groups excluding carboxylic acids is 1. The first kappa shape index (κ1) is 15.9. The molecule has 1 aromatic carbocycles. The number of hydrogen-bond donors (Lipinski definition) is 0. The molecule has 2 fully saturated rings. The number of rotatable bonds is 2. The molecule has 2 atom stereocenters. The van der Waals surface area contributed by atoms with Crippen molar-refractivity contribution in [1.82, 2.24) is 14.9 Å². The second-order valence-corrected chi connectivity index (χ2v) is 6.56. The monoisotopic (exact) mass is 344 g/mol. The number of amides is 1. The fraction of sp³-hybridized carbons (Fsp3) is 0.389. The summed E-state index contributed by atoms with van der Waals surface area (Å²) in [5.74, 6) is 0.0390. The minimum Gasteiger partial charge on any atom is -0.339 e. The lowest BCUT2D eigenvalue weighted by molar-refractivity contribution is 0.0711. The molecule has 2 aromatic rings. The van der Waals surface area contributed by atoms with E-state index < -0.39 is 5.82 Å².